The van der Waals surface area contributed by atoms with Crippen LogP contribution in [0.15, 0.2) is 49.1 Å². The fraction of sp³-hybridized carbons (Fsp3) is 0.278. The smallest absolute Gasteiger partial charge is 0.115 e. The normalized spacial score (nSPS) is 15.8. The van der Waals surface area contributed by atoms with Gasteiger partial charge in [-0.2, -0.15) is 0 Å². The van der Waals surface area contributed by atoms with Crippen LogP contribution in [-0.4, -0.2) is 33.6 Å². The Bertz CT molecular complexity index is 804. The molecule has 0 unspecified atom stereocenters. The number of nitrogens with one attached hydrogen (secondary N) is 2. The molecule has 23 heavy (non-hydrogen) atoms. The monoisotopic (exact) mass is 308 g/mol. The third-order valence-electron chi connectivity index (χ3n) is 4.42. The molecule has 1 aliphatic rings. The van der Waals surface area contributed by atoms with E-state index >= 15 is 0 Å². The number of nitrogens with zero attached hydrogens (tertiary/aromatic N) is 2. The average Bonchev–Trinajstić information content (AvgIpc) is 3.05. The molecule has 1 saturated heterocycles. The van der Waals surface area contributed by atoms with Crippen molar-refractivity contribution >= 4 is 11.2 Å². The Morgan fingerprint density at radius 2 is 1.91 bits per heavy atom. The van der Waals surface area contributed by atoms with E-state index in [1.807, 2.05) is 29.1 Å². The molecular formula is C18H20N4O. The fourth-order valence-corrected chi connectivity index (χ4v) is 3.15. The van der Waals surface area contributed by atoms with Gasteiger partial charge in [-0.3, -0.25) is 0 Å². The Labute approximate surface area is 135 Å². The van der Waals surface area contributed by atoms with E-state index in [2.05, 4.69) is 27.9 Å². The Morgan fingerprint density at radius 3 is 2.70 bits per heavy atom. The lowest BCUT2D eigenvalue weighted by Gasteiger charge is -2.25. The second-order valence-corrected chi connectivity index (χ2v) is 6.04. The number of aromatic nitrogens is 2. The number of phenolic OH excluding ortho intramolecular Hbond substituents is 1. The van der Waals surface area contributed by atoms with Gasteiger partial charge in [-0.25, -0.2) is 4.98 Å². The summed E-state index contributed by atoms with van der Waals surface area (Å²) >= 11 is 0. The molecule has 3 heterocycles. The standard InChI is InChI=1S/C18H20N4O/c23-16-3-1-13(2-4-16)14-9-17(18-10-20-12-22(18)11-14)21-15-5-7-19-8-6-15/h1-4,9-12,15,19,21,23H,5-8H2. The number of fused-ring (bicyclic) bond motifs is 1. The SMILES string of the molecule is Oc1ccc(-c2cc(NC3CCNCC3)c3cncn3c2)cc1. The van der Waals surface area contributed by atoms with E-state index in [1.165, 1.54) is 0 Å². The molecular weight excluding hydrogens is 288 g/mol. The number of piperidine rings is 1. The molecule has 0 saturated carbocycles. The zero-order chi connectivity index (χ0) is 15.6. The minimum absolute atomic E-state index is 0.283. The van der Waals surface area contributed by atoms with Gasteiger partial charge in [0.1, 0.15) is 5.75 Å². The highest BCUT2D eigenvalue weighted by atomic mass is 16.3. The molecule has 0 amide bonds. The van der Waals surface area contributed by atoms with E-state index in [9.17, 15) is 5.11 Å². The summed E-state index contributed by atoms with van der Waals surface area (Å²) in [4.78, 5) is 4.27. The molecule has 1 aliphatic heterocycles. The number of benzene rings is 1. The van der Waals surface area contributed by atoms with Crippen molar-refractivity contribution in [3.63, 3.8) is 0 Å². The van der Waals surface area contributed by atoms with Crippen LogP contribution in [0.1, 0.15) is 12.8 Å². The molecule has 0 bridgehead atoms. The number of aromatic hydroxyl groups is 1. The molecule has 5 nitrogen and oxygen atoms in total. The molecule has 3 aromatic rings. The minimum Gasteiger partial charge on any atom is -0.508 e. The van der Waals surface area contributed by atoms with Crippen molar-refractivity contribution in [2.45, 2.75) is 18.9 Å². The van der Waals surface area contributed by atoms with Gasteiger partial charge in [-0.05, 0) is 49.7 Å². The van der Waals surface area contributed by atoms with E-state index in [1.54, 1.807) is 12.1 Å². The van der Waals surface area contributed by atoms with Crippen LogP contribution in [-0.2, 0) is 0 Å². The van der Waals surface area contributed by atoms with Crippen LogP contribution in [0.4, 0.5) is 5.69 Å². The van der Waals surface area contributed by atoms with Gasteiger partial charge < -0.3 is 20.1 Å². The van der Waals surface area contributed by atoms with Crippen LogP contribution in [0, 0.1) is 0 Å². The average molecular weight is 308 g/mol. The van der Waals surface area contributed by atoms with Gasteiger partial charge in [0.25, 0.3) is 0 Å². The molecule has 1 fully saturated rings. The summed E-state index contributed by atoms with van der Waals surface area (Å²) in [7, 11) is 0. The maximum Gasteiger partial charge on any atom is 0.115 e. The zero-order valence-corrected chi connectivity index (χ0v) is 12.9. The molecule has 2 aromatic heterocycles. The van der Waals surface area contributed by atoms with E-state index in [0.717, 1.165) is 48.3 Å². The third-order valence-corrected chi connectivity index (χ3v) is 4.42. The van der Waals surface area contributed by atoms with Crippen molar-refractivity contribution in [1.29, 1.82) is 0 Å². The van der Waals surface area contributed by atoms with Crippen molar-refractivity contribution in [1.82, 2.24) is 14.7 Å². The number of hydrogen-bond donors (Lipinski definition) is 3. The first-order valence-corrected chi connectivity index (χ1v) is 8.02. The molecule has 3 N–H and O–H groups in total. The lowest BCUT2D eigenvalue weighted by atomic mass is 10.0. The molecule has 0 spiro atoms. The predicted molar refractivity (Wildman–Crippen MR) is 91.8 cm³/mol. The van der Waals surface area contributed by atoms with Crippen molar-refractivity contribution in [2.24, 2.45) is 0 Å². The molecule has 4 rings (SSSR count). The Morgan fingerprint density at radius 1 is 1.13 bits per heavy atom. The van der Waals surface area contributed by atoms with Crippen molar-refractivity contribution in [3.8, 4) is 16.9 Å². The number of phenols is 1. The van der Waals surface area contributed by atoms with E-state index in [-0.39, 0.29) is 5.75 Å². The molecule has 0 aliphatic carbocycles. The summed E-state index contributed by atoms with van der Waals surface area (Å²) < 4.78 is 2.05. The summed E-state index contributed by atoms with van der Waals surface area (Å²) in [6.07, 6.45) is 8.05. The van der Waals surface area contributed by atoms with Crippen LogP contribution in [0.2, 0.25) is 0 Å². The van der Waals surface area contributed by atoms with E-state index < -0.39 is 0 Å². The van der Waals surface area contributed by atoms with Gasteiger partial charge in [-0.15, -0.1) is 0 Å². The first-order valence-electron chi connectivity index (χ1n) is 8.02. The molecule has 5 heteroatoms. The van der Waals surface area contributed by atoms with Crippen molar-refractivity contribution < 1.29 is 5.11 Å². The van der Waals surface area contributed by atoms with Crippen LogP contribution >= 0.6 is 0 Å². The summed E-state index contributed by atoms with van der Waals surface area (Å²) in [5, 5.41) is 16.6. The highest BCUT2D eigenvalue weighted by Crippen LogP contribution is 2.28. The van der Waals surface area contributed by atoms with Gasteiger partial charge in [-0.1, -0.05) is 12.1 Å². The molecule has 118 valence electrons. The lowest BCUT2D eigenvalue weighted by molar-refractivity contribution is 0.475. The van der Waals surface area contributed by atoms with Crippen LogP contribution in [0.5, 0.6) is 5.75 Å². The summed E-state index contributed by atoms with van der Waals surface area (Å²) in [6, 6.07) is 9.96. The quantitative estimate of drug-likeness (QED) is 0.696. The van der Waals surface area contributed by atoms with Gasteiger partial charge in [0.15, 0.2) is 0 Å². The highest BCUT2D eigenvalue weighted by molar-refractivity contribution is 5.78. The van der Waals surface area contributed by atoms with Gasteiger partial charge in [0.2, 0.25) is 0 Å². The summed E-state index contributed by atoms with van der Waals surface area (Å²) in [5.74, 6) is 0.283. The number of pyridine rings is 1. The number of rotatable bonds is 3. The second-order valence-electron chi connectivity index (χ2n) is 6.04. The maximum absolute atomic E-state index is 9.48. The van der Waals surface area contributed by atoms with Crippen LogP contribution in [0.25, 0.3) is 16.6 Å². The van der Waals surface area contributed by atoms with Crippen LogP contribution < -0.4 is 10.6 Å². The predicted octanol–water partition coefficient (Wildman–Crippen LogP) is 2.87. The maximum atomic E-state index is 9.48. The van der Waals surface area contributed by atoms with Gasteiger partial charge in [0, 0.05) is 17.8 Å². The first-order chi connectivity index (χ1) is 11.3. The first kappa shape index (κ1) is 14.1. The molecule has 1 aromatic carbocycles. The zero-order valence-electron chi connectivity index (χ0n) is 12.9. The largest absolute Gasteiger partial charge is 0.508 e. The number of hydrogen-bond acceptors (Lipinski definition) is 4. The Hall–Kier alpha value is -2.53. The highest BCUT2D eigenvalue weighted by Gasteiger charge is 2.15. The van der Waals surface area contributed by atoms with Crippen molar-refractivity contribution in [2.75, 3.05) is 18.4 Å². The minimum atomic E-state index is 0.283. The molecule has 0 atom stereocenters. The third kappa shape index (κ3) is 2.87. The van der Waals surface area contributed by atoms with E-state index in [4.69, 9.17) is 0 Å². The van der Waals surface area contributed by atoms with Gasteiger partial charge >= 0.3 is 0 Å². The number of anilines is 1. The van der Waals surface area contributed by atoms with E-state index in [0.29, 0.717) is 6.04 Å². The van der Waals surface area contributed by atoms with Gasteiger partial charge in [0.05, 0.1) is 23.7 Å². The van der Waals surface area contributed by atoms with Crippen LogP contribution in [0.3, 0.4) is 0 Å². The fourth-order valence-electron chi connectivity index (χ4n) is 3.15. The second kappa shape index (κ2) is 5.93. The van der Waals surface area contributed by atoms with Crippen molar-refractivity contribution in [3.05, 3.63) is 49.1 Å². The molecule has 0 radical (unpaired) electrons. The number of imidazole rings is 1. The summed E-state index contributed by atoms with van der Waals surface area (Å²) in [5.41, 5.74) is 4.38. The lowest BCUT2D eigenvalue weighted by Crippen LogP contribution is -2.35. The Balaban J connectivity index is 1.73. The topological polar surface area (TPSA) is 61.6 Å². The Kier molecular flexibility index (Phi) is 3.63. The summed E-state index contributed by atoms with van der Waals surface area (Å²) in [6.45, 7) is 2.12.